The molecule has 2 aromatic rings. The second kappa shape index (κ2) is 10.3. The average Bonchev–Trinajstić information content (AvgIpc) is 3.33. The Kier molecular flexibility index (Phi) is 7.20. The number of benzene rings is 2. The van der Waals surface area contributed by atoms with Gasteiger partial charge in [-0.1, -0.05) is 42.7 Å². The van der Waals surface area contributed by atoms with Crippen LogP contribution >= 0.6 is 0 Å². The summed E-state index contributed by atoms with van der Waals surface area (Å²) < 4.78 is 13.2. The number of piperazine rings is 1. The van der Waals surface area contributed by atoms with E-state index >= 15 is 0 Å². The molecule has 6 heteroatoms. The topological polar surface area (TPSA) is 52.7 Å². The van der Waals surface area contributed by atoms with E-state index in [-0.39, 0.29) is 23.7 Å². The summed E-state index contributed by atoms with van der Waals surface area (Å²) in [6.45, 7) is 5.08. The highest BCUT2D eigenvalue weighted by Gasteiger charge is 2.37. The molecule has 0 aromatic heterocycles. The number of hydrogen-bond donors (Lipinski definition) is 1. The van der Waals surface area contributed by atoms with Crippen LogP contribution in [0.5, 0.6) is 0 Å². The van der Waals surface area contributed by atoms with Crippen molar-refractivity contribution < 1.29 is 14.0 Å². The normalized spacial score (nSPS) is 18.5. The van der Waals surface area contributed by atoms with Gasteiger partial charge >= 0.3 is 0 Å². The lowest BCUT2D eigenvalue weighted by Crippen LogP contribution is -2.57. The van der Waals surface area contributed by atoms with E-state index in [1.807, 2.05) is 12.1 Å². The van der Waals surface area contributed by atoms with Crippen molar-refractivity contribution in [3.8, 4) is 0 Å². The molecule has 1 aliphatic carbocycles. The molecule has 2 fully saturated rings. The van der Waals surface area contributed by atoms with Crippen molar-refractivity contribution in [1.29, 1.82) is 0 Å². The number of halogens is 1. The number of hydrogen-bond acceptors (Lipinski definition) is 3. The predicted octanol–water partition coefficient (Wildman–Crippen LogP) is 3.77. The molecule has 1 N–H and O–H groups in total. The van der Waals surface area contributed by atoms with Gasteiger partial charge in [-0.05, 0) is 55.5 Å². The van der Waals surface area contributed by atoms with Gasteiger partial charge in [-0.15, -0.1) is 0 Å². The second-order valence-electron chi connectivity index (χ2n) is 9.03. The molecule has 0 radical (unpaired) electrons. The van der Waals surface area contributed by atoms with E-state index in [0.29, 0.717) is 44.2 Å². The van der Waals surface area contributed by atoms with Gasteiger partial charge in [0, 0.05) is 38.3 Å². The zero-order chi connectivity index (χ0) is 22.5. The minimum absolute atomic E-state index is 0.0778. The Balaban J connectivity index is 1.38. The lowest BCUT2D eigenvalue weighted by atomic mass is 9.94. The van der Waals surface area contributed by atoms with Gasteiger partial charge in [0.15, 0.2) is 0 Å². The second-order valence-corrected chi connectivity index (χ2v) is 9.03. The summed E-state index contributed by atoms with van der Waals surface area (Å²) in [7, 11) is 0. The van der Waals surface area contributed by atoms with Gasteiger partial charge in [-0.3, -0.25) is 14.5 Å². The Bertz CT molecular complexity index is 932. The molecule has 1 aliphatic heterocycles. The maximum absolute atomic E-state index is 13.3. The first-order chi connectivity index (χ1) is 15.5. The number of carbonyl (C=O) groups is 2. The molecular weight excluding hydrogens is 405 g/mol. The molecule has 1 atom stereocenters. The van der Waals surface area contributed by atoms with Crippen molar-refractivity contribution in [1.82, 2.24) is 15.1 Å². The Morgan fingerprint density at radius 2 is 1.72 bits per heavy atom. The fourth-order valence-corrected chi connectivity index (χ4v) is 5.05. The van der Waals surface area contributed by atoms with Gasteiger partial charge < -0.3 is 10.2 Å². The van der Waals surface area contributed by atoms with Crippen molar-refractivity contribution in [2.24, 2.45) is 5.92 Å². The maximum Gasteiger partial charge on any atom is 0.253 e. The summed E-state index contributed by atoms with van der Waals surface area (Å²) >= 11 is 0. The highest BCUT2D eigenvalue weighted by Crippen LogP contribution is 2.31. The third-order valence-corrected chi connectivity index (χ3v) is 6.75. The van der Waals surface area contributed by atoms with Gasteiger partial charge in [-0.2, -0.15) is 0 Å². The predicted molar refractivity (Wildman–Crippen MR) is 123 cm³/mol. The van der Waals surface area contributed by atoms with E-state index in [0.717, 1.165) is 18.4 Å². The van der Waals surface area contributed by atoms with Crippen LogP contribution in [0.3, 0.4) is 0 Å². The molecule has 0 bridgehead atoms. The molecule has 0 spiro atoms. The fraction of sp³-hybridized carbons (Fsp3) is 0.462. The first-order valence-corrected chi connectivity index (χ1v) is 11.6. The Morgan fingerprint density at radius 1 is 1.03 bits per heavy atom. The summed E-state index contributed by atoms with van der Waals surface area (Å²) in [6.07, 6.45) is 4.51. The Hall–Kier alpha value is -2.73. The van der Waals surface area contributed by atoms with Crippen LogP contribution in [-0.4, -0.2) is 53.8 Å². The summed E-state index contributed by atoms with van der Waals surface area (Å²) in [5.74, 6) is 0.0389. The standard InChI is InChI=1S/C26H32FN3O2/c1-19-5-4-6-20(17-19)18-28-25(31)24(21-7-2-3-8-21)29-13-15-30(16-14-29)26(32)22-9-11-23(27)12-10-22/h4-6,9-12,17,21,24H,2-3,7-8,13-16,18H2,1H3,(H,28,31). The van der Waals surface area contributed by atoms with Crippen LogP contribution in [0.25, 0.3) is 0 Å². The van der Waals surface area contributed by atoms with E-state index in [1.165, 1.54) is 42.7 Å². The highest BCUT2D eigenvalue weighted by atomic mass is 19.1. The molecule has 4 rings (SSSR count). The van der Waals surface area contributed by atoms with Crippen LogP contribution < -0.4 is 5.32 Å². The fourth-order valence-electron chi connectivity index (χ4n) is 5.05. The Morgan fingerprint density at radius 3 is 2.38 bits per heavy atom. The average molecular weight is 438 g/mol. The van der Waals surface area contributed by atoms with Gasteiger partial charge in [0.2, 0.25) is 5.91 Å². The smallest absolute Gasteiger partial charge is 0.253 e. The molecule has 5 nitrogen and oxygen atoms in total. The first kappa shape index (κ1) is 22.5. The zero-order valence-electron chi connectivity index (χ0n) is 18.7. The summed E-state index contributed by atoms with van der Waals surface area (Å²) in [5.41, 5.74) is 2.80. The lowest BCUT2D eigenvalue weighted by Gasteiger charge is -2.40. The van der Waals surface area contributed by atoms with Crippen molar-refractivity contribution in [3.05, 3.63) is 71.0 Å². The number of rotatable bonds is 6. The maximum atomic E-state index is 13.3. The molecule has 2 aromatic carbocycles. The minimum Gasteiger partial charge on any atom is -0.351 e. The number of carbonyl (C=O) groups excluding carboxylic acids is 2. The van der Waals surface area contributed by atoms with Crippen LogP contribution in [0.1, 0.15) is 47.2 Å². The molecule has 1 saturated carbocycles. The number of aryl methyl sites for hydroxylation is 1. The Labute approximate surface area is 189 Å². The van der Waals surface area contributed by atoms with E-state index in [2.05, 4.69) is 29.3 Å². The van der Waals surface area contributed by atoms with Crippen molar-refractivity contribution >= 4 is 11.8 Å². The van der Waals surface area contributed by atoms with Crippen LogP contribution in [0, 0.1) is 18.7 Å². The molecule has 1 heterocycles. The molecule has 2 amide bonds. The summed E-state index contributed by atoms with van der Waals surface area (Å²) in [4.78, 5) is 30.1. The molecule has 32 heavy (non-hydrogen) atoms. The van der Waals surface area contributed by atoms with E-state index in [9.17, 15) is 14.0 Å². The van der Waals surface area contributed by atoms with Crippen molar-refractivity contribution in [2.45, 2.75) is 45.2 Å². The van der Waals surface area contributed by atoms with E-state index in [4.69, 9.17) is 0 Å². The SMILES string of the molecule is Cc1cccc(CNC(=O)C(C2CCCC2)N2CCN(C(=O)c3ccc(F)cc3)CC2)c1. The quantitative estimate of drug-likeness (QED) is 0.749. The van der Waals surface area contributed by atoms with Crippen molar-refractivity contribution in [2.75, 3.05) is 26.2 Å². The third-order valence-electron chi connectivity index (χ3n) is 6.75. The molecule has 170 valence electrons. The van der Waals surface area contributed by atoms with Gasteiger partial charge in [0.05, 0.1) is 6.04 Å². The van der Waals surface area contributed by atoms with Gasteiger partial charge in [0.25, 0.3) is 5.91 Å². The zero-order valence-corrected chi connectivity index (χ0v) is 18.7. The number of amides is 2. The number of nitrogens with zero attached hydrogens (tertiary/aromatic N) is 2. The van der Waals surface area contributed by atoms with Crippen molar-refractivity contribution in [3.63, 3.8) is 0 Å². The number of nitrogens with one attached hydrogen (secondary N) is 1. The molecule has 1 unspecified atom stereocenters. The van der Waals surface area contributed by atoms with Gasteiger partial charge in [0.1, 0.15) is 5.82 Å². The van der Waals surface area contributed by atoms with Gasteiger partial charge in [-0.25, -0.2) is 4.39 Å². The van der Waals surface area contributed by atoms with Crippen LogP contribution in [0.2, 0.25) is 0 Å². The van der Waals surface area contributed by atoms with Crippen LogP contribution in [-0.2, 0) is 11.3 Å². The summed E-state index contributed by atoms with van der Waals surface area (Å²) in [5, 5.41) is 3.17. The monoisotopic (exact) mass is 437 g/mol. The first-order valence-electron chi connectivity index (χ1n) is 11.6. The third kappa shape index (κ3) is 5.36. The van der Waals surface area contributed by atoms with E-state index < -0.39 is 0 Å². The molecular formula is C26H32FN3O2. The highest BCUT2D eigenvalue weighted by molar-refractivity contribution is 5.94. The summed E-state index contributed by atoms with van der Waals surface area (Å²) in [6, 6.07) is 13.8. The molecule has 1 saturated heterocycles. The largest absolute Gasteiger partial charge is 0.351 e. The van der Waals surface area contributed by atoms with Crippen LogP contribution in [0.15, 0.2) is 48.5 Å². The van der Waals surface area contributed by atoms with Crippen LogP contribution in [0.4, 0.5) is 4.39 Å². The van der Waals surface area contributed by atoms with E-state index in [1.54, 1.807) is 4.90 Å². The minimum atomic E-state index is -0.345. The lowest BCUT2D eigenvalue weighted by molar-refractivity contribution is -0.129. The molecule has 2 aliphatic rings.